The Hall–Kier alpha value is -1.37. The number of rotatable bonds is 3. The maximum atomic E-state index is 8.86. The molecule has 1 fully saturated rings. The average Bonchev–Trinajstić information content (AvgIpc) is 2.40. The zero-order valence-corrected chi connectivity index (χ0v) is 10.4. The smallest absolute Gasteiger partial charge is 0.0991 e. The van der Waals surface area contributed by atoms with Gasteiger partial charge in [0.25, 0.3) is 0 Å². The van der Waals surface area contributed by atoms with Crippen LogP contribution in [0.4, 0.5) is 0 Å². The average molecular weight is 229 g/mol. The Morgan fingerprint density at radius 2 is 1.88 bits per heavy atom. The van der Waals surface area contributed by atoms with Crippen LogP contribution < -0.4 is 0 Å². The van der Waals surface area contributed by atoms with E-state index in [1.165, 1.54) is 5.56 Å². The summed E-state index contributed by atoms with van der Waals surface area (Å²) >= 11 is 0. The molecule has 1 aromatic rings. The Morgan fingerprint density at radius 1 is 1.18 bits per heavy atom. The molecule has 0 aliphatic carbocycles. The summed E-state index contributed by atoms with van der Waals surface area (Å²) in [6.07, 6.45) is 0. The van der Waals surface area contributed by atoms with Crippen LogP contribution in [0.5, 0.6) is 0 Å². The van der Waals surface area contributed by atoms with Gasteiger partial charge >= 0.3 is 0 Å². The molecule has 0 unspecified atom stereocenters. The second-order valence-electron chi connectivity index (χ2n) is 4.52. The van der Waals surface area contributed by atoms with Crippen molar-refractivity contribution < 1.29 is 0 Å². The summed E-state index contributed by atoms with van der Waals surface area (Å²) in [7, 11) is 0. The summed E-state index contributed by atoms with van der Waals surface area (Å²) < 4.78 is 0. The first-order chi connectivity index (χ1) is 8.31. The fraction of sp³-hybridized carbons (Fsp3) is 0.500. The van der Waals surface area contributed by atoms with E-state index in [9.17, 15) is 0 Å². The molecule has 1 aliphatic heterocycles. The normalized spacial score (nSPS) is 17.9. The lowest BCUT2D eigenvalue weighted by atomic mass is 10.1. The van der Waals surface area contributed by atoms with Crippen molar-refractivity contribution in [3.8, 4) is 6.07 Å². The molecule has 1 heterocycles. The first kappa shape index (κ1) is 12.1. The molecule has 1 aromatic carbocycles. The SMILES string of the molecule is CCN1CCN(Cc2cccc(C#N)c2)CC1. The van der Waals surface area contributed by atoms with E-state index < -0.39 is 0 Å². The highest BCUT2D eigenvalue weighted by Crippen LogP contribution is 2.10. The van der Waals surface area contributed by atoms with Gasteiger partial charge in [-0.1, -0.05) is 19.1 Å². The zero-order valence-electron chi connectivity index (χ0n) is 10.4. The summed E-state index contributed by atoms with van der Waals surface area (Å²) in [4.78, 5) is 4.94. The molecule has 0 N–H and O–H groups in total. The minimum absolute atomic E-state index is 0.759. The van der Waals surface area contributed by atoms with Crippen molar-refractivity contribution in [3.63, 3.8) is 0 Å². The van der Waals surface area contributed by atoms with Crippen LogP contribution in [-0.4, -0.2) is 42.5 Å². The predicted octanol–water partition coefficient (Wildman–Crippen LogP) is 1.70. The molecule has 0 spiro atoms. The highest BCUT2D eigenvalue weighted by molar-refractivity contribution is 5.32. The van der Waals surface area contributed by atoms with Crippen LogP contribution in [0.2, 0.25) is 0 Å². The minimum Gasteiger partial charge on any atom is -0.301 e. The molecule has 0 amide bonds. The van der Waals surface area contributed by atoms with Gasteiger partial charge in [-0.2, -0.15) is 5.26 Å². The molecule has 0 radical (unpaired) electrons. The van der Waals surface area contributed by atoms with Crippen molar-refractivity contribution in [1.29, 1.82) is 5.26 Å². The van der Waals surface area contributed by atoms with Crippen LogP contribution >= 0.6 is 0 Å². The molecule has 1 saturated heterocycles. The molecule has 2 rings (SSSR count). The molecular formula is C14H19N3. The van der Waals surface area contributed by atoms with Crippen molar-refractivity contribution in [2.75, 3.05) is 32.7 Å². The van der Waals surface area contributed by atoms with Crippen LogP contribution in [0.1, 0.15) is 18.1 Å². The van der Waals surface area contributed by atoms with Gasteiger partial charge in [0, 0.05) is 32.7 Å². The van der Waals surface area contributed by atoms with Crippen molar-refractivity contribution in [1.82, 2.24) is 9.80 Å². The maximum absolute atomic E-state index is 8.86. The van der Waals surface area contributed by atoms with Crippen molar-refractivity contribution in [2.24, 2.45) is 0 Å². The van der Waals surface area contributed by atoms with E-state index in [1.54, 1.807) is 0 Å². The monoisotopic (exact) mass is 229 g/mol. The fourth-order valence-electron chi connectivity index (χ4n) is 2.26. The molecule has 0 saturated carbocycles. The third-order valence-electron chi connectivity index (χ3n) is 3.37. The van der Waals surface area contributed by atoms with Crippen LogP contribution in [0.25, 0.3) is 0 Å². The Kier molecular flexibility index (Phi) is 4.13. The lowest BCUT2D eigenvalue weighted by Crippen LogP contribution is -2.45. The van der Waals surface area contributed by atoms with E-state index in [1.807, 2.05) is 18.2 Å². The summed E-state index contributed by atoms with van der Waals surface area (Å²) in [5, 5.41) is 8.86. The van der Waals surface area contributed by atoms with E-state index in [0.29, 0.717) is 0 Å². The van der Waals surface area contributed by atoms with E-state index in [0.717, 1.165) is 44.8 Å². The quantitative estimate of drug-likeness (QED) is 0.790. The van der Waals surface area contributed by atoms with E-state index in [2.05, 4.69) is 28.9 Å². The fourth-order valence-corrected chi connectivity index (χ4v) is 2.26. The van der Waals surface area contributed by atoms with E-state index in [4.69, 9.17) is 5.26 Å². The van der Waals surface area contributed by atoms with E-state index >= 15 is 0 Å². The van der Waals surface area contributed by atoms with Gasteiger partial charge in [-0.3, -0.25) is 4.90 Å². The van der Waals surface area contributed by atoms with Gasteiger partial charge in [0.2, 0.25) is 0 Å². The Morgan fingerprint density at radius 3 is 2.53 bits per heavy atom. The summed E-state index contributed by atoms with van der Waals surface area (Å²) in [6, 6.07) is 10.1. The van der Waals surface area contributed by atoms with Gasteiger partial charge in [0.1, 0.15) is 0 Å². The second kappa shape index (κ2) is 5.81. The third-order valence-corrected chi connectivity index (χ3v) is 3.37. The zero-order chi connectivity index (χ0) is 12.1. The van der Waals surface area contributed by atoms with Crippen molar-refractivity contribution in [3.05, 3.63) is 35.4 Å². The van der Waals surface area contributed by atoms with E-state index in [-0.39, 0.29) is 0 Å². The first-order valence-corrected chi connectivity index (χ1v) is 6.25. The second-order valence-corrected chi connectivity index (χ2v) is 4.52. The largest absolute Gasteiger partial charge is 0.301 e. The molecule has 1 aliphatic rings. The van der Waals surface area contributed by atoms with Crippen LogP contribution in [0.3, 0.4) is 0 Å². The number of nitriles is 1. The van der Waals surface area contributed by atoms with Crippen molar-refractivity contribution >= 4 is 0 Å². The van der Waals surface area contributed by atoms with Gasteiger partial charge in [0.05, 0.1) is 11.6 Å². The van der Waals surface area contributed by atoms with Crippen molar-refractivity contribution in [2.45, 2.75) is 13.5 Å². The first-order valence-electron chi connectivity index (χ1n) is 6.25. The predicted molar refractivity (Wildman–Crippen MR) is 68.5 cm³/mol. The Balaban J connectivity index is 1.91. The lowest BCUT2D eigenvalue weighted by molar-refractivity contribution is 0.132. The number of piperazine rings is 1. The molecule has 90 valence electrons. The van der Waals surface area contributed by atoms with Gasteiger partial charge < -0.3 is 4.90 Å². The number of likely N-dealkylation sites (N-methyl/N-ethyl adjacent to an activating group) is 1. The molecule has 0 bridgehead atoms. The van der Waals surface area contributed by atoms with Crippen LogP contribution in [0, 0.1) is 11.3 Å². The Labute approximate surface area is 103 Å². The number of hydrogen-bond acceptors (Lipinski definition) is 3. The summed E-state index contributed by atoms with van der Waals surface area (Å²) in [6.45, 7) is 8.91. The summed E-state index contributed by atoms with van der Waals surface area (Å²) in [5.41, 5.74) is 2.00. The maximum Gasteiger partial charge on any atom is 0.0991 e. The standard InChI is InChI=1S/C14H19N3/c1-2-16-6-8-17(9-7-16)12-14-5-3-4-13(10-14)11-15/h3-5,10H,2,6-9,12H2,1H3. The topological polar surface area (TPSA) is 30.3 Å². The molecule has 0 atom stereocenters. The van der Waals surface area contributed by atoms with Gasteiger partial charge in [-0.25, -0.2) is 0 Å². The van der Waals surface area contributed by atoms with Gasteiger partial charge in [-0.15, -0.1) is 0 Å². The molecule has 3 nitrogen and oxygen atoms in total. The van der Waals surface area contributed by atoms with Crippen LogP contribution in [-0.2, 0) is 6.54 Å². The molecular weight excluding hydrogens is 210 g/mol. The number of benzene rings is 1. The van der Waals surface area contributed by atoms with Crippen LogP contribution in [0.15, 0.2) is 24.3 Å². The summed E-state index contributed by atoms with van der Waals surface area (Å²) in [5.74, 6) is 0. The third kappa shape index (κ3) is 3.29. The Bertz CT molecular complexity index is 400. The minimum atomic E-state index is 0.759. The molecule has 3 heteroatoms. The molecule has 0 aromatic heterocycles. The highest BCUT2D eigenvalue weighted by Gasteiger charge is 2.15. The van der Waals surface area contributed by atoms with Gasteiger partial charge in [0.15, 0.2) is 0 Å². The highest BCUT2D eigenvalue weighted by atomic mass is 15.3. The molecule has 17 heavy (non-hydrogen) atoms. The number of hydrogen-bond donors (Lipinski definition) is 0. The number of nitrogens with zero attached hydrogens (tertiary/aromatic N) is 3. The van der Waals surface area contributed by atoms with Gasteiger partial charge in [-0.05, 0) is 24.2 Å². The lowest BCUT2D eigenvalue weighted by Gasteiger charge is -2.34.